The van der Waals surface area contributed by atoms with Gasteiger partial charge < -0.3 is 9.47 Å². The summed E-state index contributed by atoms with van der Waals surface area (Å²) in [6.45, 7) is 0. The second kappa shape index (κ2) is 15.3. The summed E-state index contributed by atoms with van der Waals surface area (Å²) < 4.78 is 2.38. The van der Waals surface area contributed by atoms with Crippen molar-refractivity contribution in [2.24, 2.45) is 5.92 Å². The van der Waals surface area contributed by atoms with Crippen molar-refractivity contribution in [1.82, 2.24) is 4.57 Å². The Hall–Kier alpha value is -7.68. The minimum absolute atomic E-state index is 0.256. The summed E-state index contributed by atoms with van der Waals surface area (Å²) in [4.78, 5) is 2.45. The summed E-state index contributed by atoms with van der Waals surface area (Å²) in [5, 5.41) is 2.51. The molecule has 3 aliphatic carbocycles. The third kappa shape index (κ3) is 6.09. The standard InChI is InChI=1S/C61H46N2/c1-5-17-43(18-6-1)44-29-34-50(35-30-44)62(51-36-31-45(32-37-51)46-33-40-60-56(41-46)55-26-14-16-28-59(55)63(60)49-23-11-4-12-24-49)52-38-39-54-53-25-13-15-27-57(53)61(58(54)42-52,47-19-7-2-8-20-47)48-21-9-3-10-22-48/h1-5,7-17,19-21,23-42,48H,6,18,22H2/t48?,61-/m0/s1. The molecule has 0 saturated heterocycles. The van der Waals surface area contributed by atoms with Gasteiger partial charge in [0.2, 0.25) is 0 Å². The molecule has 0 bridgehead atoms. The average molecular weight is 807 g/mol. The lowest BCUT2D eigenvalue weighted by Crippen LogP contribution is -2.35. The SMILES string of the molecule is C1=CCCC(c2ccc(N(c3ccc(-c4ccc5c(c4)c4ccccc4n5-c4ccccc4)cc3)c3ccc4c(c3)[C@@](c3ccccc3)(C3C=CC=CC3)c3ccccc3-4)cc2)=C1. The molecule has 300 valence electrons. The van der Waals surface area contributed by atoms with E-state index < -0.39 is 0 Å². The number of rotatable bonds is 8. The molecule has 1 aromatic heterocycles. The average Bonchev–Trinajstić information content (AvgIpc) is 3.86. The van der Waals surface area contributed by atoms with Gasteiger partial charge in [-0.2, -0.15) is 0 Å². The van der Waals surface area contributed by atoms with E-state index in [1.54, 1.807) is 0 Å². The molecule has 63 heavy (non-hydrogen) atoms. The summed E-state index contributed by atoms with van der Waals surface area (Å²) in [6.07, 6.45) is 19.1. The van der Waals surface area contributed by atoms with Gasteiger partial charge in [-0.25, -0.2) is 0 Å². The molecule has 8 aromatic carbocycles. The highest BCUT2D eigenvalue weighted by molar-refractivity contribution is 6.10. The minimum Gasteiger partial charge on any atom is -0.310 e. The van der Waals surface area contributed by atoms with Crippen LogP contribution < -0.4 is 4.90 Å². The highest BCUT2D eigenvalue weighted by atomic mass is 15.1. The van der Waals surface area contributed by atoms with Crippen LogP contribution in [0, 0.1) is 5.92 Å². The van der Waals surface area contributed by atoms with Gasteiger partial charge in [0.1, 0.15) is 0 Å². The fourth-order valence-electron chi connectivity index (χ4n) is 10.9. The summed E-state index contributed by atoms with van der Waals surface area (Å²) in [7, 11) is 0. The molecule has 9 aromatic rings. The maximum absolute atomic E-state index is 2.50. The summed E-state index contributed by atoms with van der Waals surface area (Å²) in [5.74, 6) is 0.256. The van der Waals surface area contributed by atoms with E-state index in [1.165, 1.54) is 77.6 Å². The van der Waals surface area contributed by atoms with Crippen LogP contribution in [0.5, 0.6) is 0 Å². The Bertz CT molecular complexity index is 3290. The van der Waals surface area contributed by atoms with Gasteiger partial charge in [-0.3, -0.25) is 0 Å². The molecule has 0 aliphatic heterocycles. The minimum atomic E-state index is -0.354. The van der Waals surface area contributed by atoms with Gasteiger partial charge in [0.25, 0.3) is 0 Å². The van der Waals surface area contributed by atoms with Crippen molar-refractivity contribution in [3.8, 4) is 27.9 Å². The van der Waals surface area contributed by atoms with Crippen molar-refractivity contribution in [2.45, 2.75) is 24.7 Å². The summed E-state index contributed by atoms with van der Waals surface area (Å²) in [5.41, 5.74) is 18.4. The molecule has 1 unspecified atom stereocenters. The van der Waals surface area contributed by atoms with Crippen molar-refractivity contribution in [1.29, 1.82) is 0 Å². The van der Waals surface area contributed by atoms with Crippen molar-refractivity contribution in [2.75, 3.05) is 4.90 Å². The topological polar surface area (TPSA) is 8.17 Å². The van der Waals surface area contributed by atoms with Crippen LogP contribution >= 0.6 is 0 Å². The van der Waals surface area contributed by atoms with E-state index in [0.29, 0.717) is 0 Å². The zero-order valence-electron chi connectivity index (χ0n) is 35.1. The predicted octanol–water partition coefficient (Wildman–Crippen LogP) is 16.1. The molecule has 0 N–H and O–H groups in total. The van der Waals surface area contributed by atoms with Crippen LogP contribution in [0.2, 0.25) is 0 Å². The number of fused-ring (bicyclic) bond motifs is 6. The number of para-hydroxylation sites is 2. The van der Waals surface area contributed by atoms with Crippen LogP contribution in [0.4, 0.5) is 17.1 Å². The zero-order chi connectivity index (χ0) is 41.7. The monoisotopic (exact) mass is 806 g/mol. The first-order valence-electron chi connectivity index (χ1n) is 22.3. The van der Waals surface area contributed by atoms with Crippen LogP contribution in [-0.4, -0.2) is 4.57 Å². The van der Waals surface area contributed by atoms with Crippen molar-refractivity contribution in [3.63, 3.8) is 0 Å². The van der Waals surface area contributed by atoms with Gasteiger partial charge in [-0.1, -0.05) is 170 Å². The first kappa shape index (κ1) is 37.1. The molecule has 2 heteroatoms. The molecular weight excluding hydrogens is 761 g/mol. The van der Waals surface area contributed by atoms with Crippen LogP contribution in [0.15, 0.2) is 237 Å². The van der Waals surface area contributed by atoms with Crippen LogP contribution in [0.3, 0.4) is 0 Å². The Kier molecular flexibility index (Phi) is 9.04. The van der Waals surface area contributed by atoms with E-state index in [9.17, 15) is 0 Å². The Morgan fingerprint density at radius 2 is 1.14 bits per heavy atom. The van der Waals surface area contributed by atoms with E-state index in [-0.39, 0.29) is 11.3 Å². The molecule has 1 heterocycles. The smallest absolute Gasteiger partial charge is 0.0541 e. The maximum Gasteiger partial charge on any atom is 0.0541 e. The summed E-state index contributed by atoms with van der Waals surface area (Å²) in [6, 6.07) is 72.3. The third-order valence-corrected chi connectivity index (χ3v) is 13.8. The number of allylic oxidation sites excluding steroid dienone is 8. The lowest BCUT2D eigenvalue weighted by Gasteiger charge is -2.40. The van der Waals surface area contributed by atoms with Gasteiger partial charge in [0.05, 0.1) is 16.4 Å². The van der Waals surface area contributed by atoms with Crippen molar-refractivity contribution in [3.05, 3.63) is 259 Å². The highest BCUT2D eigenvalue weighted by Gasteiger charge is 2.49. The fraction of sp³-hybridized carbons (Fsp3) is 0.0820. The van der Waals surface area contributed by atoms with Crippen LogP contribution in [-0.2, 0) is 5.41 Å². The molecule has 2 atom stereocenters. The van der Waals surface area contributed by atoms with Crippen LogP contribution in [0.25, 0.3) is 55.3 Å². The molecule has 0 amide bonds. The molecule has 0 radical (unpaired) electrons. The Balaban J connectivity index is 1.00. The lowest BCUT2D eigenvalue weighted by molar-refractivity contribution is 0.457. The molecule has 12 rings (SSSR count). The number of hydrogen-bond acceptors (Lipinski definition) is 1. The first-order valence-corrected chi connectivity index (χ1v) is 22.3. The number of nitrogens with zero attached hydrogens (tertiary/aromatic N) is 2. The second-order valence-electron chi connectivity index (χ2n) is 17.1. The van der Waals surface area contributed by atoms with Gasteiger partial charge in [0.15, 0.2) is 0 Å². The maximum atomic E-state index is 2.50. The molecule has 2 nitrogen and oxygen atoms in total. The normalized spacial score (nSPS) is 17.5. The lowest BCUT2D eigenvalue weighted by atomic mass is 9.62. The predicted molar refractivity (Wildman–Crippen MR) is 265 cm³/mol. The van der Waals surface area contributed by atoms with Gasteiger partial charge in [0, 0.05) is 33.5 Å². The van der Waals surface area contributed by atoms with Crippen LogP contribution in [0.1, 0.15) is 41.5 Å². The van der Waals surface area contributed by atoms with E-state index in [4.69, 9.17) is 0 Å². The summed E-state index contributed by atoms with van der Waals surface area (Å²) >= 11 is 0. The number of benzene rings is 8. The zero-order valence-corrected chi connectivity index (χ0v) is 35.1. The largest absolute Gasteiger partial charge is 0.310 e. The highest BCUT2D eigenvalue weighted by Crippen LogP contribution is 2.59. The first-order chi connectivity index (χ1) is 31.3. The fourth-order valence-corrected chi connectivity index (χ4v) is 10.9. The Morgan fingerprint density at radius 1 is 0.476 bits per heavy atom. The Labute approximate surface area is 369 Å². The van der Waals surface area contributed by atoms with E-state index in [0.717, 1.165) is 36.3 Å². The molecular formula is C61H46N2. The van der Waals surface area contributed by atoms with Crippen molar-refractivity contribution >= 4 is 44.4 Å². The van der Waals surface area contributed by atoms with Crippen molar-refractivity contribution < 1.29 is 0 Å². The van der Waals surface area contributed by atoms with Gasteiger partial charge >= 0.3 is 0 Å². The Morgan fingerprint density at radius 3 is 1.90 bits per heavy atom. The molecule has 0 spiro atoms. The third-order valence-electron chi connectivity index (χ3n) is 13.8. The molecule has 0 fully saturated rings. The quantitative estimate of drug-likeness (QED) is 0.148. The number of aromatic nitrogens is 1. The van der Waals surface area contributed by atoms with E-state index >= 15 is 0 Å². The second-order valence-corrected chi connectivity index (χ2v) is 17.1. The van der Waals surface area contributed by atoms with Gasteiger partial charge in [-0.15, -0.1) is 0 Å². The molecule has 0 saturated carbocycles. The van der Waals surface area contributed by atoms with Gasteiger partial charge in [-0.05, 0) is 142 Å². The molecule has 3 aliphatic rings. The van der Waals surface area contributed by atoms with E-state index in [2.05, 4.69) is 246 Å². The number of hydrogen-bond donors (Lipinski definition) is 0. The van der Waals surface area contributed by atoms with E-state index in [1.807, 2.05) is 0 Å². The number of anilines is 3.